The number of hydrogen-bond acceptors (Lipinski definition) is 4. The van der Waals surface area contributed by atoms with E-state index in [1.54, 1.807) is 31.2 Å². The van der Waals surface area contributed by atoms with Gasteiger partial charge in [0, 0.05) is 6.42 Å². The molecule has 0 aliphatic carbocycles. The maximum atomic E-state index is 12.8. The third-order valence-electron chi connectivity index (χ3n) is 4.40. The Balaban J connectivity index is 2.06. The summed E-state index contributed by atoms with van der Waals surface area (Å²) in [6.07, 6.45) is 1.17. The van der Waals surface area contributed by atoms with E-state index < -0.39 is 9.84 Å². The van der Waals surface area contributed by atoms with E-state index >= 15 is 0 Å². The number of carbonyl (C=O) groups excluding carboxylic acids is 1. The SMILES string of the molecule is CCOC(=O)C(CC)c1ccc2c(c1)Cc1ccccc1S2(=O)=O. The van der Waals surface area contributed by atoms with Crippen molar-refractivity contribution in [3.63, 3.8) is 0 Å². The predicted octanol–water partition coefficient (Wildman–Crippen LogP) is 3.48. The largest absolute Gasteiger partial charge is 0.466 e. The highest BCUT2D eigenvalue weighted by Gasteiger charge is 2.30. The first kappa shape index (κ1) is 16.7. The molecule has 1 aliphatic heterocycles. The van der Waals surface area contributed by atoms with Crippen LogP contribution >= 0.6 is 0 Å². The Morgan fingerprint density at radius 1 is 1.08 bits per heavy atom. The van der Waals surface area contributed by atoms with Crippen LogP contribution in [0.15, 0.2) is 52.3 Å². The van der Waals surface area contributed by atoms with Gasteiger partial charge in [-0.05, 0) is 42.2 Å². The van der Waals surface area contributed by atoms with E-state index in [-0.39, 0.29) is 11.9 Å². The van der Waals surface area contributed by atoms with Crippen LogP contribution in [-0.4, -0.2) is 21.0 Å². The predicted molar refractivity (Wildman–Crippen MR) is 90.8 cm³/mol. The average Bonchev–Trinajstić information content (AvgIpc) is 2.56. The fraction of sp³-hybridized carbons (Fsp3) is 0.316. The number of carbonyl (C=O) groups is 1. The molecule has 2 aromatic carbocycles. The van der Waals surface area contributed by atoms with Crippen LogP contribution < -0.4 is 0 Å². The standard InChI is InChI=1S/C19H20O4S/c1-3-16(19(20)23-4-2)13-9-10-18-15(11-13)12-14-7-5-6-8-17(14)24(18,21)22/h5-11,16H,3-4,12H2,1-2H3. The summed E-state index contributed by atoms with van der Waals surface area (Å²) in [6, 6.07) is 12.3. The molecule has 0 radical (unpaired) electrons. The minimum absolute atomic E-state index is 0.265. The lowest BCUT2D eigenvalue weighted by molar-refractivity contribution is -0.145. The van der Waals surface area contributed by atoms with Crippen molar-refractivity contribution in [2.45, 2.75) is 42.4 Å². The Kier molecular flexibility index (Phi) is 4.45. The Hall–Kier alpha value is -2.14. The molecular weight excluding hydrogens is 324 g/mol. The summed E-state index contributed by atoms with van der Waals surface area (Å²) in [5.41, 5.74) is 2.35. The third-order valence-corrected chi connectivity index (χ3v) is 6.35. The van der Waals surface area contributed by atoms with Crippen LogP contribution in [0.5, 0.6) is 0 Å². The van der Waals surface area contributed by atoms with Gasteiger partial charge < -0.3 is 4.74 Å². The Morgan fingerprint density at radius 2 is 1.79 bits per heavy atom. The monoisotopic (exact) mass is 344 g/mol. The van der Waals surface area contributed by atoms with Gasteiger partial charge in [-0.1, -0.05) is 37.3 Å². The van der Waals surface area contributed by atoms with Gasteiger partial charge in [0.25, 0.3) is 0 Å². The molecule has 3 rings (SSSR count). The fourth-order valence-electron chi connectivity index (χ4n) is 3.23. The molecule has 1 unspecified atom stereocenters. The van der Waals surface area contributed by atoms with Crippen LogP contribution in [0.4, 0.5) is 0 Å². The maximum absolute atomic E-state index is 12.8. The Morgan fingerprint density at radius 3 is 2.50 bits per heavy atom. The lowest BCUT2D eigenvalue weighted by Crippen LogP contribution is -2.18. The van der Waals surface area contributed by atoms with Crippen molar-refractivity contribution in [1.82, 2.24) is 0 Å². The van der Waals surface area contributed by atoms with Gasteiger partial charge in [0.15, 0.2) is 0 Å². The molecule has 0 fully saturated rings. The maximum Gasteiger partial charge on any atom is 0.313 e. The highest BCUT2D eigenvalue weighted by Crippen LogP contribution is 2.36. The second-order valence-electron chi connectivity index (χ2n) is 5.87. The Bertz CT molecular complexity index is 884. The second-order valence-corrected chi connectivity index (χ2v) is 7.75. The van der Waals surface area contributed by atoms with Crippen LogP contribution in [0.3, 0.4) is 0 Å². The molecule has 126 valence electrons. The van der Waals surface area contributed by atoms with Crippen LogP contribution in [-0.2, 0) is 25.8 Å². The quantitative estimate of drug-likeness (QED) is 0.680. The molecule has 0 aromatic heterocycles. The molecule has 0 saturated carbocycles. The molecule has 0 amide bonds. The molecule has 24 heavy (non-hydrogen) atoms. The molecule has 0 N–H and O–H groups in total. The molecule has 0 bridgehead atoms. The summed E-state index contributed by atoms with van der Waals surface area (Å²) in [7, 11) is -3.50. The molecule has 5 heteroatoms. The molecule has 4 nitrogen and oxygen atoms in total. The van der Waals surface area contributed by atoms with Crippen molar-refractivity contribution in [3.8, 4) is 0 Å². The zero-order valence-electron chi connectivity index (χ0n) is 13.8. The first-order valence-electron chi connectivity index (χ1n) is 8.11. The number of rotatable bonds is 4. The summed E-state index contributed by atoms with van der Waals surface area (Å²) in [5, 5.41) is 0. The smallest absolute Gasteiger partial charge is 0.313 e. The van der Waals surface area contributed by atoms with Crippen LogP contribution in [0.2, 0.25) is 0 Å². The van der Waals surface area contributed by atoms with Gasteiger partial charge >= 0.3 is 5.97 Å². The molecular formula is C19H20O4S. The fourth-order valence-corrected chi connectivity index (χ4v) is 4.94. The molecule has 0 saturated heterocycles. The van der Waals surface area contributed by atoms with Gasteiger partial charge in [-0.25, -0.2) is 8.42 Å². The van der Waals surface area contributed by atoms with E-state index in [1.165, 1.54) is 0 Å². The van der Waals surface area contributed by atoms with Crippen molar-refractivity contribution in [2.75, 3.05) is 6.61 Å². The zero-order valence-corrected chi connectivity index (χ0v) is 14.6. The van der Waals surface area contributed by atoms with E-state index in [4.69, 9.17) is 4.74 Å². The number of benzene rings is 2. The van der Waals surface area contributed by atoms with Gasteiger partial charge in [0.1, 0.15) is 0 Å². The Labute approximate surface area is 142 Å². The first-order chi connectivity index (χ1) is 11.5. The summed E-state index contributed by atoms with van der Waals surface area (Å²) < 4.78 is 30.7. The van der Waals surface area contributed by atoms with Gasteiger partial charge in [0.05, 0.1) is 22.3 Å². The third kappa shape index (κ3) is 2.73. The summed E-state index contributed by atoms with van der Waals surface area (Å²) in [4.78, 5) is 12.8. The lowest BCUT2D eigenvalue weighted by atomic mass is 9.93. The summed E-state index contributed by atoms with van der Waals surface area (Å²) >= 11 is 0. The number of esters is 1. The first-order valence-corrected chi connectivity index (χ1v) is 9.59. The molecule has 1 atom stereocenters. The van der Waals surface area contributed by atoms with E-state index in [0.717, 1.165) is 16.7 Å². The number of fused-ring (bicyclic) bond motifs is 2. The van der Waals surface area contributed by atoms with Crippen LogP contribution in [0.1, 0.15) is 42.9 Å². The average molecular weight is 344 g/mol. The van der Waals surface area contributed by atoms with Crippen molar-refractivity contribution < 1.29 is 17.9 Å². The van der Waals surface area contributed by atoms with Crippen LogP contribution in [0.25, 0.3) is 0 Å². The molecule has 2 aromatic rings. The second kappa shape index (κ2) is 6.40. The minimum atomic E-state index is -3.50. The minimum Gasteiger partial charge on any atom is -0.466 e. The molecule has 1 heterocycles. The van der Waals surface area contributed by atoms with Crippen LogP contribution in [0, 0.1) is 0 Å². The van der Waals surface area contributed by atoms with Gasteiger partial charge in [0.2, 0.25) is 9.84 Å². The number of ether oxygens (including phenoxy) is 1. The molecule has 1 aliphatic rings. The van der Waals surface area contributed by atoms with Gasteiger partial charge in [-0.15, -0.1) is 0 Å². The van der Waals surface area contributed by atoms with Crippen molar-refractivity contribution >= 4 is 15.8 Å². The van der Waals surface area contributed by atoms with Crippen molar-refractivity contribution in [1.29, 1.82) is 0 Å². The van der Waals surface area contributed by atoms with E-state index in [2.05, 4.69) is 0 Å². The van der Waals surface area contributed by atoms with E-state index in [9.17, 15) is 13.2 Å². The van der Waals surface area contributed by atoms with Gasteiger partial charge in [-0.2, -0.15) is 0 Å². The number of hydrogen-bond donors (Lipinski definition) is 0. The van der Waals surface area contributed by atoms with E-state index in [0.29, 0.717) is 29.2 Å². The zero-order chi connectivity index (χ0) is 17.3. The van der Waals surface area contributed by atoms with E-state index in [1.807, 2.05) is 25.1 Å². The summed E-state index contributed by atoms with van der Waals surface area (Å²) in [5.74, 6) is -0.630. The van der Waals surface area contributed by atoms with Gasteiger partial charge in [-0.3, -0.25) is 4.79 Å². The summed E-state index contributed by atoms with van der Waals surface area (Å²) in [6.45, 7) is 4.04. The highest BCUT2D eigenvalue weighted by molar-refractivity contribution is 7.91. The van der Waals surface area contributed by atoms with Crippen molar-refractivity contribution in [3.05, 3.63) is 59.2 Å². The number of sulfone groups is 1. The molecule has 0 spiro atoms. The normalized spacial score (nSPS) is 15.9. The lowest BCUT2D eigenvalue weighted by Gasteiger charge is -2.22. The van der Waals surface area contributed by atoms with Crippen molar-refractivity contribution in [2.24, 2.45) is 0 Å². The topological polar surface area (TPSA) is 60.4 Å². The highest BCUT2D eigenvalue weighted by atomic mass is 32.2.